The third-order valence-corrected chi connectivity index (χ3v) is 2.30. The van der Waals surface area contributed by atoms with E-state index in [2.05, 4.69) is 10.1 Å². The van der Waals surface area contributed by atoms with Gasteiger partial charge in [-0.1, -0.05) is 13.8 Å². The fourth-order valence-electron chi connectivity index (χ4n) is 1.47. The molecular formula is C11H18N2O4. The smallest absolute Gasteiger partial charge is 0.328 e. The molecule has 0 saturated heterocycles. The Balaban J connectivity index is 2.55. The Bertz CT molecular complexity index is 315. The van der Waals surface area contributed by atoms with Crippen molar-refractivity contribution < 1.29 is 19.1 Å². The molecule has 1 N–H and O–H groups in total. The molecule has 0 bridgehead atoms. The third-order valence-electron chi connectivity index (χ3n) is 2.30. The first-order valence-corrected chi connectivity index (χ1v) is 5.47. The number of nitrogens with one attached hydrogen (secondary N) is 1. The summed E-state index contributed by atoms with van der Waals surface area (Å²) in [6, 6.07) is -0.990. The van der Waals surface area contributed by atoms with Gasteiger partial charge in [-0.05, 0) is 12.3 Å². The van der Waals surface area contributed by atoms with Crippen molar-refractivity contribution in [3.05, 3.63) is 12.5 Å². The molecule has 0 aromatic heterocycles. The van der Waals surface area contributed by atoms with E-state index in [-0.39, 0.29) is 18.7 Å². The van der Waals surface area contributed by atoms with Crippen molar-refractivity contribution in [1.29, 1.82) is 0 Å². The van der Waals surface area contributed by atoms with Gasteiger partial charge in [0.15, 0.2) is 6.73 Å². The number of hydrogen-bond donors (Lipinski definition) is 1. The summed E-state index contributed by atoms with van der Waals surface area (Å²) in [5, 5.41) is 2.62. The summed E-state index contributed by atoms with van der Waals surface area (Å²) < 4.78 is 9.55. The molecule has 0 spiro atoms. The Labute approximate surface area is 101 Å². The number of carbonyl (C=O) groups is 2. The van der Waals surface area contributed by atoms with E-state index >= 15 is 0 Å². The van der Waals surface area contributed by atoms with Crippen molar-refractivity contribution >= 4 is 12.0 Å². The van der Waals surface area contributed by atoms with Gasteiger partial charge >= 0.3 is 12.0 Å². The highest BCUT2D eigenvalue weighted by Crippen LogP contribution is 2.08. The lowest BCUT2D eigenvalue weighted by atomic mass is 10.0. The van der Waals surface area contributed by atoms with E-state index in [0.29, 0.717) is 6.42 Å². The summed E-state index contributed by atoms with van der Waals surface area (Å²) in [4.78, 5) is 24.6. The van der Waals surface area contributed by atoms with Crippen molar-refractivity contribution in [1.82, 2.24) is 10.2 Å². The number of hydrogen-bond acceptors (Lipinski definition) is 4. The molecule has 0 fully saturated rings. The second-order valence-electron chi connectivity index (χ2n) is 4.21. The Morgan fingerprint density at radius 3 is 2.71 bits per heavy atom. The molecule has 2 amide bonds. The summed E-state index contributed by atoms with van der Waals surface area (Å²) in [6.07, 6.45) is 3.48. The minimum absolute atomic E-state index is 0.168. The molecule has 6 heteroatoms. The lowest BCUT2D eigenvalue weighted by Crippen LogP contribution is -2.47. The van der Waals surface area contributed by atoms with Gasteiger partial charge in [0.05, 0.1) is 7.11 Å². The van der Waals surface area contributed by atoms with Gasteiger partial charge in [-0.3, -0.25) is 4.90 Å². The average molecular weight is 242 g/mol. The number of urea groups is 1. The molecule has 1 rings (SSSR count). The van der Waals surface area contributed by atoms with Crippen LogP contribution in [0.1, 0.15) is 20.3 Å². The Kier molecular flexibility index (Phi) is 4.81. The van der Waals surface area contributed by atoms with Crippen LogP contribution in [-0.2, 0) is 14.3 Å². The van der Waals surface area contributed by atoms with Crippen molar-refractivity contribution in [3.63, 3.8) is 0 Å². The van der Waals surface area contributed by atoms with Crippen LogP contribution in [0, 0.1) is 5.92 Å². The Morgan fingerprint density at radius 1 is 1.53 bits per heavy atom. The highest BCUT2D eigenvalue weighted by molar-refractivity contribution is 5.84. The molecule has 1 aliphatic rings. The molecule has 17 heavy (non-hydrogen) atoms. The lowest BCUT2D eigenvalue weighted by molar-refractivity contribution is -0.143. The quantitative estimate of drug-likeness (QED) is 0.748. The fourth-order valence-corrected chi connectivity index (χ4v) is 1.47. The second-order valence-corrected chi connectivity index (χ2v) is 4.21. The van der Waals surface area contributed by atoms with Crippen molar-refractivity contribution in [2.75, 3.05) is 13.8 Å². The van der Waals surface area contributed by atoms with Gasteiger partial charge in [0, 0.05) is 6.20 Å². The zero-order valence-corrected chi connectivity index (χ0v) is 10.3. The summed E-state index contributed by atoms with van der Waals surface area (Å²) in [5.41, 5.74) is 0. The molecule has 0 aliphatic carbocycles. The van der Waals surface area contributed by atoms with Gasteiger partial charge in [0.2, 0.25) is 0 Å². The number of methoxy groups -OCH3 is 1. The van der Waals surface area contributed by atoms with Gasteiger partial charge in [-0.25, -0.2) is 9.59 Å². The Hall–Kier alpha value is -1.72. The molecular weight excluding hydrogens is 224 g/mol. The van der Waals surface area contributed by atoms with Crippen LogP contribution in [0.15, 0.2) is 12.5 Å². The highest BCUT2D eigenvalue weighted by atomic mass is 16.5. The van der Waals surface area contributed by atoms with Crippen LogP contribution in [0.3, 0.4) is 0 Å². The molecule has 0 aromatic rings. The monoisotopic (exact) mass is 242 g/mol. The maximum atomic E-state index is 11.7. The fraction of sp³-hybridized carbons (Fsp3) is 0.636. The predicted octanol–water partition coefficient (Wildman–Crippen LogP) is 1.04. The van der Waals surface area contributed by atoms with Crippen molar-refractivity contribution in [2.24, 2.45) is 5.92 Å². The predicted molar refractivity (Wildman–Crippen MR) is 60.7 cm³/mol. The molecule has 1 atom stereocenters. The number of nitrogens with zero attached hydrogens (tertiary/aromatic N) is 1. The van der Waals surface area contributed by atoms with Gasteiger partial charge < -0.3 is 14.8 Å². The standard InChI is InChI=1S/C11H18N2O4/c1-8(2)6-9(10(14)16-3)12-11(15)13-4-5-17-7-13/h4-5,8-9H,6-7H2,1-3H3,(H,12,15)/t9-/m0/s1. The molecule has 1 aliphatic heterocycles. The SMILES string of the molecule is COC(=O)[C@H](CC(C)C)NC(=O)N1C=COC1. The Morgan fingerprint density at radius 2 is 2.24 bits per heavy atom. The largest absolute Gasteiger partial charge is 0.479 e. The molecule has 0 aromatic carbocycles. The van der Waals surface area contributed by atoms with E-state index in [1.54, 1.807) is 0 Å². The van der Waals surface area contributed by atoms with Crippen LogP contribution in [0.2, 0.25) is 0 Å². The van der Waals surface area contributed by atoms with Crippen LogP contribution >= 0.6 is 0 Å². The van der Waals surface area contributed by atoms with Crippen LogP contribution in [0.5, 0.6) is 0 Å². The molecule has 0 saturated carbocycles. The number of esters is 1. The minimum atomic E-state index is -0.624. The first kappa shape index (κ1) is 13.3. The van der Waals surface area contributed by atoms with E-state index in [0.717, 1.165) is 0 Å². The molecule has 0 unspecified atom stereocenters. The van der Waals surface area contributed by atoms with Crippen LogP contribution in [0.25, 0.3) is 0 Å². The lowest BCUT2D eigenvalue weighted by Gasteiger charge is -2.21. The number of ether oxygens (including phenoxy) is 2. The molecule has 0 radical (unpaired) electrons. The van der Waals surface area contributed by atoms with E-state index in [1.165, 1.54) is 24.5 Å². The van der Waals surface area contributed by atoms with E-state index in [4.69, 9.17) is 4.74 Å². The summed E-state index contributed by atoms with van der Waals surface area (Å²) in [5.74, 6) is -0.152. The summed E-state index contributed by atoms with van der Waals surface area (Å²) in [7, 11) is 1.31. The van der Waals surface area contributed by atoms with E-state index in [1.807, 2.05) is 13.8 Å². The van der Waals surface area contributed by atoms with E-state index in [9.17, 15) is 9.59 Å². The minimum Gasteiger partial charge on any atom is -0.479 e. The van der Waals surface area contributed by atoms with Gasteiger partial charge in [-0.15, -0.1) is 0 Å². The van der Waals surface area contributed by atoms with Crippen LogP contribution < -0.4 is 5.32 Å². The normalized spacial score (nSPS) is 15.6. The van der Waals surface area contributed by atoms with Gasteiger partial charge in [0.1, 0.15) is 12.3 Å². The van der Waals surface area contributed by atoms with Crippen molar-refractivity contribution in [2.45, 2.75) is 26.3 Å². The number of carbonyl (C=O) groups excluding carboxylic acids is 2. The summed E-state index contributed by atoms with van der Waals surface area (Å²) >= 11 is 0. The molecule has 96 valence electrons. The number of amides is 2. The highest BCUT2D eigenvalue weighted by Gasteiger charge is 2.25. The molecule has 6 nitrogen and oxygen atoms in total. The third kappa shape index (κ3) is 3.97. The van der Waals surface area contributed by atoms with Gasteiger partial charge in [0.25, 0.3) is 0 Å². The first-order valence-electron chi connectivity index (χ1n) is 5.47. The first-order chi connectivity index (χ1) is 8.04. The van der Waals surface area contributed by atoms with E-state index < -0.39 is 12.0 Å². The average Bonchev–Trinajstić information content (AvgIpc) is 2.79. The topological polar surface area (TPSA) is 67.9 Å². The number of rotatable bonds is 4. The van der Waals surface area contributed by atoms with Crippen LogP contribution in [0.4, 0.5) is 4.79 Å². The summed E-state index contributed by atoms with van der Waals surface area (Å²) in [6.45, 7) is 4.11. The van der Waals surface area contributed by atoms with Crippen molar-refractivity contribution in [3.8, 4) is 0 Å². The maximum absolute atomic E-state index is 11.7. The zero-order valence-electron chi connectivity index (χ0n) is 10.3. The maximum Gasteiger partial charge on any atom is 0.328 e. The molecule has 1 heterocycles. The van der Waals surface area contributed by atoms with Gasteiger partial charge in [-0.2, -0.15) is 0 Å². The van der Waals surface area contributed by atoms with Crippen LogP contribution in [-0.4, -0.2) is 36.8 Å². The zero-order chi connectivity index (χ0) is 12.8. The second kappa shape index (κ2) is 6.12.